The van der Waals surface area contributed by atoms with E-state index in [0.717, 1.165) is 0 Å². The van der Waals surface area contributed by atoms with E-state index < -0.39 is 4.92 Å². The Bertz CT molecular complexity index is 807. The highest BCUT2D eigenvalue weighted by Gasteiger charge is 2.17. The van der Waals surface area contributed by atoms with Gasteiger partial charge < -0.3 is 4.42 Å². The van der Waals surface area contributed by atoms with Gasteiger partial charge in [-0.1, -0.05) is 11.8 Å². The van der Waals surface area contributed by atoms with Crippen LogP contribution in [0.25, 0.3) is 11.5 Å². The average Bonchev–Trinajstić information content (AvgIpc) is 3.06. The van der Waals surface area contributed by atoms with E-state index in [2.05, 4.69) is 20.2 Å². The van der Waals surface area contributed by atoms with E-state index in [-0.39, 0.29) is 10.9 Å². The highest BCUT2D eigenvalue weighted by Crippen LogP contribution is 2.33. The van der Waals surface area contributed by atoms with Crippen molar-refractivity contribution in [2.45, 2.75) is 17.3 Å². The van der Waals surface area contributed by atoms with Crippen LogP contribution in [-0.4, -0.2) is 25.1 Å². The molecule has 0 saturated carbocycles. The zero-order valence-electron chi connectivity index (χ0n) is 12.0. The lowest BCUT2D eigenvalue weighted by atomic mass is 10.2. The second kappa shape index (κ2) is 6.53. The highest BCUT2D eigenvalue weighted by molar-refractivity contribution is 7.99. The summed E-state index contributed by atoms with van der Waals surface area (Å²) >= 11 is 1.40. The van der Waals surface area contributed by atoms with E-state index in [0.29, 0.717) is 22.5 Å². The van der Waals surface area contributed by atoms with Crippen molar-refractivity contribution in [2.24, 2.45) is 0 Å². The number of non-ortho nitro benzene ring substituents is 1. The van der Waals surface area contributed by atoms with Crippen molar-refractivity contribution in [3.63, 3.8) is 0 Å². The molecule has 8 nitrogen and oxygen atoms in total. The predicted octanol–water partition coefficient (Wildman–Crippen LogP) is 3.29. The van der Waals surface area contributed by atoms with Gasteiger partial charge in [-0.3, -0.25) is 10.1 Å². The van der Waals surface area contributed by atoms with Crippen molar-refractivity contribution in [1.82, 2.24) is 20.2 Å². The summed E-state index contributed by atoms with van der Waals surface area (Å²) < 4.78 is 5.64. The SMILES string of the molecule is C[C@H](Sc1ncccn1)c1nnc(-c2ccc([N+](=O)[O-])cc2)o1. The third kappa shape index (κ3) is 3.51. The number of thioether (sulfide) groups is 1. The van der Waals surface area contributed by atoms with Crippen molar-refractivity contribution >= 4 is 17.4 Å². The second-order valence-corrected chi connectivity index (χ2v) is 5.85. The number of rotatable bonds is 5. The van der Waals surface area contributed by atoms with Crippen molar-refractivity contribution in [1.29, 1.82) is 0 Å². The molecule has 1 atom stereocenters. The Kier molecular flexibility index (Phi) is 4.29. The van der Waals surface area contributed by atoms with Crippen LogP contribution in [-0.2, 0) is 0 Å². The summed E-state index contributed by atoms with van der Waals surface area (Å²) in [6.07, 6.45) is 3.33. The molecule has 2 heterocycles. The van der Waals surface area contributed by atoms with E-state index in [1.165, 1.54) is 23.9 Å². The van der Waals surface area contributed by atoms with Crippen LogP contribution in [0.1, 0.15) is 18.1 Å². The average molecular weight is 329 g/mol. The Hall–Kier alpha value is -2.81. The van der Waals surface area contributed by atoms with Crippen LogP contribution in [0.2, 0.25) is 0 Å². The molecule has 0 aliphatic carbocycles. The topological polar surface area (TPSA) is 108 Å². The van der Waals surface area contributed by atoms with E-state index in [1.54, 1.807) is 30.6 Å². The largest absolute Gasteiger partial charge is 0.419 e. The van der Waals surface area contributed by atoms with Crippen LogP contribution in [0.5, 0.6) is 0 Å². The second-order valence-electron chi connectivity index (χ2n) is 4.54. The molecule has 2 aromatic heterocycles. The Balaban J connectivity index is 1.76. The molecule has 0 unspecified atom stereocenters. The van der Waals surface area contributed by atoms with Gasteiger partial charge in [-0.2, -0.15) is 0 Å². The summed E-state index contributed by atoms with van der Waals surface area (Å²) in [5.74, 6) is 0.757. The Morgan fingerprint density at radius 3 is 2.52 bits per heavy atom. The van der Waals surface area contributed by atoms with Gasteiger partial charge in [0, 0.05) is 30.1 Å². The van der Waals surface area contributed by atoms with Crippen molar-refractivity contribution < 1.29 is 9.34 Å². The Morgan fingerprint density at radius 2 is 1.87 bits per heavy atom. The Labute approximate surface area is 135 Å². The molecule has 0 saturated heterocycles. The summed E-state index contributed by atoms with van der Waals surface area (Å²) in [5, 5.41) is 19.2. The third-order valence-electron chi connectivity index (χ3n) is 2.94. The summed E-state index contributed by atoms with van der Waals surface area (Å²) in [5.41, 5.74) is 0.640. The van der Waals surface area contributed by atoms with Gasteiger partial charge in [0.25, 0.3) is 5.69 Å². The van der Waals surface area contributed by atoms with Gasteiger partial charge in [0.05, 0.1) is 10.2 Å². The molecule has 0 N–H and O–H groups in total. The van der Waals surface area contributed by atoms with Gasteiger partial charge in [0.15, 0.2) is 5.16 Å². The van der Waals surface area contributed by atoms with Gasteiger partial charge in [-0.05, 0) is 25.1 Å². The minimum Gasteiger partial charge on any atom is -0.419 e. The first kappa shape index (κ1) is 15.1. The predicted molar refractivity (Wildman–Crippen MR) is 82.7 cm³/mol. The zero-order chi connectivity index (χ0) is 16.2. The van der Waals surface area contributed by atoms with Crippen LogP contribution in [0.4, 0.5) is 5.69 Å². The van der Waals surface area contributed by atoms with Gasteiger partial charge >= 0.3 is 0 Å². The van der Waals surface area contributed by atoms with Crippen LogP contribution in [0, 0.1) is 10.1 Å². The minimum atomic E-state index is -0.457. The third-order valence-corrected chi connectivity index (χ3v) is 3.91. The van der Waals surface area contributed by atoms with E-state index >= 15 is 0 Å². The van der Waals surface area contributed by atoms with Gasteiger partial charge in [0.2, 0.25) is 11.8 Å². The monoisotopic (exact) mass is 329 g/mol. The quantitative estimate of drug-likeness (QED) is 0.304. The maximum absolute atomic E-state index is 10.7. The van der Waals surface area contributed by atoms with Crippen LogP contribution in [0.3, 0.4) is 0 Å². The maximum atomic E-state index is 10.7. The number of nitro groups is 1. The summed E-state index contributed by atoms with van der Waals surface area (Å²) in [7, 11) is 0. The highest BCUT2D eigenvalue weighted by atomic mass is 32.2. The van der Waals surface area contributed by atoms with Gasteiger partial charge in [0.1, 0.15) is 0 Å². The number of nitrogens with zero attached hydrogens (tertiary/aromatic N) is 5. The first-order valence-electron chi connectivity index (χ1n) is 6.65. The zero-order valence-corrected chi connectivity index (χ0v) is 12.8. The molecular formula is C14H11N5O3S. The lowest BCUT2D eigenvalue weighted by Gasteiger charge is -2.03. The molecular weight excluding hydrogens is 318 g/mol. The number of hydrogen-bond acceptors (Lipinski definition) is 8. The fraction of sp³-hybridized carbons (Fsp3) is 0.143. The van der Waals surface area contributed by atoms with Crippen LogP contribution < -0.4 is 0 Å². The minimum absolute atomic E-state index is 0.0126. The number of aromatic nitrogens is 4. The molecule has 3 rings (SSSR count). The first-order chi connectivity index (χ1) is 11.1. The summed E-state index contributed by atoms with van der Waals surface area (Å²) in [6, 6.07) is 7.69. The number of nitro benzene ring substituents is 1. The van der Waals surface area contributed by atoms with E-state index in [1.807, 2.05) is 6.92 Å². The molecule has 0 bridgehead atoms. The van der Waals surface area contributed by atoms with E-state index in [4.69, 9.17) is 4.42 Å². The van der Waals surface area contributed by atoms with Crippen LogP contribution >= 0.6 is 11.8 Å². The molecule has 0 spiro atoms. The molecule has 0 aliphatic heterocycles. The Morgan fingerprint density at radius 1 is 1.17 bits per heavy atom. The molecule has 1 aromatic carbocycles. The lowest BCUT2D eigenvalue weighted by Crippen LogP contribution is -1.91. The fourth-order valence-electron chi connectivity index (χ4n) is 1.80. The van der Waals surface area contributed by atoms with Crippen LogP contribution in [0.15, 0.2) is 52.3 Å². The standard InChI is InChI=1S/C14H11N5O3S/c1-9(23-14-15-7-2-8-16-14)12-17-18-13(22-12)10-3-5-11(6-4-10)19(20)21/h2-9H,1H3/t9-/m0/s1. The van der Waals surface area contributed by atoms with E-state index in [9.17, 15) is 10.1 Å². The number of benzene rings is 1. The molecule has 0 aliphatic rings. The summed E-state index contributed by atoms with van der Waals surface area (Å²) in [4.78, 5) is 18.5. The maximum Gasteiger partial charge on any atom is 0.269 e. The normalized spacial score (nSPS) is 12.0. The van der Waals surface area contributed by atoms with Crippen molar-refractivity contribution in [3.8, 4) is 11.5 Å². The molecule has 0 amide bonds. The molecule has 0 fully saturated rings. The number of hydrogen-bond donors (Lipinski definition) is 0. The smallest absolute Gasteiger partial charge is 0.269 e. The molecule has 9 heteroatoms. The molecule has 3 aromatic rings. The fourth-order valence-corrected chi connectivity index (χ4v) is 2.55. The molecule has 0 radical (unpaired) electrons. The lowest BCUT2D eigenvalue weighted by molar-refractivity contribution is -0.384. The van der Waals surface area contributed by atoms with Crippen molar-refractivity contribution in [3.05, 3.63) is 58.7 Å². The van der Waals surface area contributed by atoms with Gasteiger partial charge in [-0.25, -0.2) is 9.97 Å². The van der Waals surface area contributed by atoms with Gasteiger partial charge in [-0.15, -0.1) is 10.2 Å². The van der Waals surface area contributed by atoms with Crippen molar-refractivity contribution in [2.75, 3.05) is 0 Å². The molecule has 23 heavy (non-hydrogen) atoms. The first-order valence-corrected chi connectivity index (χ1v) is 7.53. The molecule has 116 valence electrons. The summed E-state index contributed by atoms with van der Waals surface area (Å²) in [6.45, 7) is 1.91.